The van der Waals surface area contributed by atoms with Crippen molar-refractivity contribution < 1.29 is 14.3 Å². The number of ether oxygens (including phenoxy) is 2. The molecule has 0 unspecified atom stereocenters. The molecule has 0 fully saturated rings. The molecule has 0 aliphatic rings. The van der Waals surface area contributed by atoms with Crippen molar-refractivity contribution >= 4 is 5.91 Å². The number of rotatable bonds is 10. The van der Waals surface area contributed by atoms with Gasteiger partial charge in [0, 0.05) is 13.1 Å². The first-order chi connectivity index (χ1) is 12.2. The fraction of sp³-hybridized carbons (Fsp3) is 0.350. The Bertz CT molecular complexity index is 659. The highest BCUT2D eigenvalue weighted by Crippen LogP contribution is 2.27. The van der Waals surface area contributed by atoms with E-state index in [1.807, 2.05) is 36.4 Å². The van der Waals surface area contributed by atoms with Gasteiger partial charge in [0.1, 0.15) is 0 Å². The van der Waals surface area contributed by atoms with Crippen LogP contribution in [-0.2, 0) is 17.8 Å². The van der Waals surface area contributed by atoms with Crippen molar-refractivity contribution in [3.63, 3.8) is 0 Å². The van der Waals surface area contributed by atoms with Gasteiger partial charge in [0.05, 0.1) is 20.8 Å². The zero-order valence-corrected chi connectivity index (χ0v) is 14.9. The summed E-state index contributed by atoms with van der Waals surface area (Å²) in [5.74, 6) is 1.39. The summed E-state index contributed by atoms with van der Waals surface area (Å²) in [6.45, 7) is 1.57. The van der Waals surface area contributed by atoms with E-state index in [-0.39, 0.29) is 5.91 Å². The predicted octanol–water partition coefficient (Wildman–Crippen LogP) is 2.54. The van der Waals surface area contributed by atoms with Gasteiger partial charge in [-0.2, -0.15) is 0 Å². The molecular weight excluding hydrogens is 316 g/mol. The molecule has 0 aliphatic carbocycles. The Hall–Kier alpha value is -2.53. The fourth-order valence-electron chi connectivity index (χ4n) is 2.54. The molecule has 134 valence electrons. The molecular formula is C20H26N2O3. The molecule has 2 rings (SSSR count). The SMILES string of the molecule is COc1ccc(CNCC(=O)NCCCc2ccccc2)cc1OC. The Labute approximate surface area is 149 Å². The number of aryl methyl sites for hydroxylation is 1. The van der Waals surface area contributed by atoms with Crippen LogP contribution >= 0.6 is 0 Å². The van der Waals surface area contributed by atoms with Crippen molar-refractivity contribution in [1.29, 1.82) is 0 Å². The van der Waals surface area contributed by atoms with Crippen LogP contribution in [0.15, 0.2) is 48.5 Å². The molecule has 0 spiro atoms. The third-order valence-electron chi connectivity index (χ3n) is 3.87. The van der Waals surface area contributed by atoms with Crippen LogP contribution in [0.4, 0.5) is 0 Å². The average Bonchev–Trinajstić information content (AvgIpc) is 2.66. The lowest BCUT2D eigenvalue weighted by Crippen LogP contribution is -2.34. The van der Waals surface area contributed by atoms with E-state index in [4.69, 9.17) is 9.47 Å². The van der Waals surface area contributed by atoms with E-state index >= 15 is 0 Å². The number of carbonyl (C=O) groups excluding carboxylic acids is 1. The van der Waals surface area contributed by atoms with Crippen LogP contribution in [0.1, 0.15) is 17.5 Å². The maximum atomic E-state index is 11.8. The smallest absolute Gasteiger partial charge is 0.233 e. The van der Waals surface area contributed by atoms with Gasteiger partial charge in [-0.05, 0) is 36.1 Å². The first-order valence-electron chi connectivity index (χ1n) is 8.45. The molecule has 0 aromatic heterocycles. The second-order valence-corrected chi connectivity index (χ2v) is 5.73. The van der Waals surface area contributed by atoms with Crippen LogP contribution in [0, 0.1) is 0 Å². The topological polar surface area (TPSA) is 59.6 Å². The summed E-state index contributed by atoms with van der Waals surface area (Å²) >= 11 is 0. The standard InChI is InChI=1S/C20H26N2O3/c1-24-18-11-10-17(13-19(18)25-2)14-21-15-20(23)22-12-6-9-16-7-4-3-5-8-16/h3-5,7-8,10-11,13,21H,6,9,12,14-15H2,1-2H3,(H,22,23). The maximum Gasteiger partial charge on any atom is 0.233 e. The van der Waals surface area contributed by atoms with E-state index < -0.39 is 0 Å². The van der Waals surface area contributed by atoms with Crippen LogP contribution < -0.4 is 20.1 Å². The first kappa shape index (κ1) is 18.8. The van der Waals surface area contributed by atoms with Gasteiger partial charge < -0.3 is 20.1 Å². The minimum atomic E-state index is 0.00791. The lowest BCUT2D eigenvalue weighted by atomic mass is 10.1. The van der Waals surface area contributed by atoms with Gasteiger partial charge >= 0.3 is 0 Å². The van der Waals surface area contributed by atoms with Crippen molar-refractivity contribution in [3.8, 4) is 11.5 Å². The van der Waals surface area contributed by atoms with E-state index in [0.717, 1.165) is 18.4 Å². The van der Waals surface area contributed by atoms with E-state index in [1.54, 1.807) is 14.2 Å². The van der Waals surface area contributed by atoms with Gasteiger partial charge in [-0.1, -0.05) is 36.4 Å². The van der Waals surface area contributed by atoms with E-state index in [2.05, 4.69) is 22.8 Å². The highest BCUT2D eigenvalue weighted by molar-refractivity contribution is 5.77. The summed E-state index contributed by atoms with van der Waals surface area (Å²) in [6.07, 6.45) is 1.91. The lowest BCUT2D eigenvalue weighted by Gasteiger charge is -2.10. The Morgan fingerprint density at radius 2 is 1.72 bits per heavy atom. The number of hydrogen-bond donors (Lipinski definition) is 2. The van der Waals surface area contributed by atoms with Crippen LogP contribution in [0.5, 0.6) is 11.5 Å². The monoisotopic (exact) mass is 342 g/mol. The Morgan fingerprint density at radius 3 is 2.44 bits per heavy atom. The van der Waals surface area contributed by atoms with Crippen molar-refractivity contribution in [1.82, 2.24) is 10.6 Å². The maximum absolute atomic E-state index is 11.8. The summed E-state index contributed by atoms with van der Waals surface area (Å²) in [5.41, 5.74) is 2.33. The molecule has 0 aliphatic heterocycles. The molecule has 0 atom stereocenters. The van der Waals surface area contributed by atoms with Gasteiger partial charge in [0.15, 0.2) is 11.5 Å². The first-order valence-corrected chi connectivity index (χ1v) is 8.45. The Kier molecular flexibility index (Phi) is 7.79. The van der Waals surface area contributed by atoms with Crippen molar-refractivity contribution in [2.45, 2.75) is 19.4 Å². The molecule has 0 radical (unpaired) electrons. The van der Waals surface area contributed by atoms with Crippen molar-refractivity contribution in [2.24, 2.45) is 0 Å². The minimum absolute atomic E-state index is 0.00791. The average molecular weight is 342 g/mol. The lowest BCUT2D eigenvalue weighted by molar-refractivity contribution is -0.120. The normalized spacial score (nSPS) is 10.3. The van der Waals surface area contributed by atoms with Crippen LogP contribution in [0.2, 0.25) is 0 Å². The zero-order chi connectivity index (χ0) is 17.9. The molecule has 2 aromatic rings. The van der Waals surface area contributed by atoms with E-state index in [0.29, 0.717) is 31.1 Å². The zero-order valence-electron chi connectivity index (χ0n) is 14.9. The number of hydrogen-bond acceptors (Lipinski definition) is 4. The molecule has 2 aromatic carbocycles. The molecule has 5 nitrogen and oxygen atoms in total. The van der Waals surface area contributed by atoms with Gasteiger partial charge in [0.25, 0.3) is 0 Å². The van der Waals surface area contributed by atoms with Gasteiger partial charge in [0.2, 0.25) is 5.91 Å². The molecule has 1 amide bonds. The largest absolute Gasteiger partial charge is 0.493 e. The van der Waals surface area contributed by atoms with Gasteiger partial charge in [-0.3, -0.25) is 4.79 Å². The number of methoxy groups -OCH3 is 2. The summed E-state index contributed by atoms with van der Waals surface area (Å²) in [6, 6.07) is 16.0. The van der Waals surface area contributed by atoms with E-state index in [9.17, 15) is 4.79 Å². The highest BCUT2D eigenvalue weighted by Gasteiger charge is 2.05. The Morgan fingerprint density at radius 1 is 0.960 bits per heavy atom. The quantitative estimate of drug-likeness (QED) is 0.652. The number of carbonyl (C=O) groups is 1. The second-order valence-electron chi connectivity index (χ2n) is 5.73. The van der Waals surface area contributed by atoms with Crippen molar-refractivity contribution in [2.75, 3.05) is 27.3 Å². The van der Waals surface area contributed by atoms with Crippen LogP contribution in [0.3, 0.4) is 0 Å². The summed E-state index contributed by atoms with van der Waals surface area (Å²) in [4.78, 5) is 11.8. The van der Waals surface area contributed by atoms with E-state index in [1.165, 1.54) is 5.56 Å². The molecule has 0 bridgehead atoms. The molecule has 0 saturated heterocycles. The minimum Gasteiger partial charge on any atom is -0.493 e. The second kappa shape index (κ2) is 10.4. The molecule has 2 N–H and O–H groups in total. The molecule has 0 saturated carbocycles. The number of benzene rings is 2. The molecule has 5 heteroatoms. The van der Waals surface area contributed by atoms with Crippen LogP contribution in [-0.4, -0.2) is 33.2 Å². The molecule has 0 heterocycles. The summed E-state index contributed by atoms with van der Waals surface area (Å²) in [5, 5.41) is 6.07. The number of amides is 1. The summed E-state index contributed by atoms with van der Waals surface area (Å²) < 4.78 is 10.5. The predicted molar refractivity (Wildman–Crippen MR) is 99.0 cm³/mol. The van der Waals surface area contributed by atoms with Gasteiger partial charge in [-0.25, -0.2) is 0 Å². The third kappa shape index (κ3) is 6.47. The van der Waals surface area contributed by atoms with Gasteiger partial charge in [-0.15, -0.1) is 0 Å². The highest BCUT2D eigenvalue weighted by atomic mass is 16.5. The Balaban J connectivity index is 1.63. The summed E-state index contributed by atoms with van der Waals surface area (Å²) in [7, 11) is 3.22. The molecule has 25 heavy (non-hydrogen) atoms. The third-order valence-corrected chi connectivity index (χ3v) is 3.87. The van der Waals surface area contributed by atoms with Crippen molar-refractivity contribution in [3.05, 3.63) is 59.7 Å². The number of nitrogens with one attached hydrogen (secondary N) is 2. The van der Waals surface area contributed by atoms with Crippen LogP contribution in [0.25, 0.3) is 0 Å². The fourth-order valence-corrected chi connectivity index (χ4v) is 2.54.